The number of nitrogens with one attached hydrogen (secondary N) is 2. The molecule has 1 heterocycles. The number of hydrogen-bond donors (Lipinski definition) is 2. The highest BCUT2D eigenvalue weighted by Crippen LogP contribution is 2.04. The molecule has 0 saturated carbocycles. The zero-order chi connectivity index (χ0) is 12.0. The van der Waals surface area contributed by atoms with Gasteiger partial charge in [-0.3, -0.25) is 5.10 Å². The Balaban J connectivity index is 2.48. The van der Waals surface area contributed by atoms with Crippen LogP contribution in [-0.4, -0.2) is 46.3 Å². The third kappa shape index (κ3) is 3.86. The van der Waals surface area contributed by atoms with Gasteiger partial charge in [0.15, 0.2) is 5.82 Å². The fraction of sp³-hybridized carbons (Fsp3) is 0.700. The predicted octanol–water partition coefficient (Wildman–Crippen LogP) is 1.60. The maximum Gasteiger partial charge on any atom is 0.215 e. The number of aromatic amines is 1. The largest absolute Gasteiger partial charge is 0.367 e. The quantitative estimate of drug-likeness (QED) is 0.741. The second-order valence-corrected chi connectivity index (χ2v) is 3.91. The number of aromatic nitrogens is 3. The van der Waals surface area contributed by atoms with E-state index >= 15 is 0 Å². The van der Waals surface area contributed by atoms with Crippen molar-refractivity contribution >= 4 is 18.0 Å². The lowest BCUT2D eigenvalue weighted by atomic mass is 10.4. The van der Waals surface area contributed by atoms with Crippen LogP contribution < -0.4 is 5.32 Å². The molecule has 0 radical (unpaired) electrons. The average molecular weight is 241 g/mol. The first kappa shape index (κ1) is 13.1. The van der Waals surface area contributed by atoms with E-state index in [0.717, 1.165) is 37.7 Å². The molecule has 0 fully saturated rings. The molecule has 0 amide bonds. The number of anilines is 1. The lowest BCUT2D eigenvalue weighted by Crippen LogP contribution is -2.29. The van der Waals surface area contributed by atoms with Crippen LogP contribution in [0.1, 0.15) is 19.5 Å². The molecule has 0 aliphatic rings. The van der Waals surface area contributed by atoms with Crippen LogP contribution in [0.4, 0.5) is 5.82 Å². The molecule has 90 valence electrons. The number of likely N-dealkylation sites (N-methyl/N-ethyl adjacent to an activating group) is 1. The molecule has 1 aromatic rings. The van der Waals surface area contributed by atoms with E-state index in [-0.39, 0.29) is 0 Å². The summed E-state index contributed by atoms with van der Waals surface area (Å²) >= 11 is 4.93. The molecular formula is C10H19N5S. The highest BCUT2D eigenvalue weighted by molar-refractivity contribution is 7.71. The van der Waals surface area contributed by atoms with Gasteiger partial charge < -0.3 is 10.2 Å². The van der Waals surface area contributed by atoms with Crippen molar-refractivity contribution in [1.29, 1.82) is 0 Å². The first-order valence-corrected chi connectivity index (χ1v) is 5.97. The molecule has 6 heteroatoms. The van der Waals surface area contributed by atoms with Gasteiger partial charge in [0.2, 0.25) is 4.77 Å². The van der Waals surface area contributed by atoms with Gasteiger partial charge in [-0.15, -0.1) is 0 Å². The SMILES string of the molecule is CCN(CC)CCNc1nc(=S)[nH]nc1C. The van der Waals surface area contributed by atoms with Crippen molar-refractivity contribution in [2.45, 2.75) is 20.8 Å². The smallest absolute Gasteiger partial charge is 0.215 e. The minimum absolute atomic E-state index is 0.413. The van der Waals surface area contributed by atoms with Crippen molar-refractivity contribution in [3.05, 3.63) is 10.5 Å². The molecule has 0 unspecified atom stereocenters. The standard InChI is InChI=1S/C10H19N5S/c1-4-15(5-2)7-6-11-9-8(3)13-14-10(16)12-9/h4-7H2,1-3H3,(H2,11,12,14,16). The van der Waals surface area contributed by atoms with Crippen molar-refractivity contribution < 1.29 is 0 Å². The van der Waals surface area contributed by atoms with Gasteiger partial charge in [0, 0.05) is 13.1 Å². The van der Waals surface area contributed by atoms with Crippen LogP contribution in [0.25, 0.3) is 0 Å². The Hall–Kier alpha value is -1.01. The zero-order valence-corrected chi connectivity index (χ0v) is 10.9. The topological polar surface area (TPSA) is 56.8 Å². The molecular weight excluding hydrogens is 222 g/mol. The molecule has 0 saturated heterocycles. The van der Waals surface area contributed by atoms with Gasteiger partial charge in [0.25, 0.3) is 0 Å². The van der Waals surface area contributed by atoms with Crippen molar-refractivity contribution in [2.24, 2.45) is 0 Å². The normalized spacial score (nSPS) is 10.8. The summed E-state index contributed by atoms with van der Waals surface area (Å²) in [5.41, 5.74) is 0.841. The van der Waals surface area contributed by atoms with Crippen LogP contribution in [0.3, 0.4) is 0 Å². The molecule has 2 N–H and O–H groups in total. The lowest BCUT2D eigenvalue weighted by molar-refractivity contribution is 0.316. The molecule has 5 nitrogen and oxygen atoms in total. The first-order valence-electron chi connectivity index (χ1n) is 5.57. The molecule has 16 heavy (non-hydrogen) atoms. The molecule has 0 atom stereocenters. The number of hydrogen-bond acceptors (Lipinski definition) is 5. The monoisotopic (exact) mass is 241 g/mol. The zero-order valence-electron chi connectivity index (χ0n) is 10.1. The summed E-state index contributed by atoms with van der Waals surface area (Å²) in [6.07, 6.45) is 0. The van der Waals surface area contributed by atoms with E-state index in [1.54, 1.807) is 0 Å². The van der Waals surface area contributed by atoms with Gasteiger partial charge >= 0.3 is 0 Å². The molecule has 0 aliphatic heterocycles. The Kier molecular flexibility index (Phi) is 5.34. The van der Waals surface area contributed by atoms with Gasteiger partial charge in [0.1, 0.15) is 0 Å². The van der Waals surface area contributed by atoms with Crippen LogP contribution in [0.2, 0.25) is 0 Å². The summed E-state index contributed by atoms with van der Waals surface area (Å²) in [4.78, 5) is 6.54. The molecule has 0 aromatic carbocycles. The number of rotatable bonds is 6. The molecule has 0 bridgehead atoms. The van der Waals surface area contributed by atoms with Gasteiger partial charge in [-0.05, 0) is 32.2 Å². The van der Waals surface area contributed by atoms with Crippen LogP contribution in [0.5, 0.6) is 0 Å². The van der Waals surface area contributed by atoms with Crippen molar-refractivity contribution in [3.8, 4) is 0 Å². The van der Waals surface area contributed by atoms with E-state index in [1.807, 2.05) is 6.92 Å². The van der Waals surface area contributed by atoms with E-state index in [9.17, 15) is 0 Å². The summed E-state index contributed by atoms with van der Waals surface area (Å²) in [6, 6.07) is 0. The summed E-state index contributed by atoms with van der Waals surface area (Å²) in [6.45, 7) is 10.2. The van der Waals surface area contributed by atoms with Crippen molar-refractivity contribution in [2.75, 3.05) is 31.5 Å². The number of H-pyrrole nitrogens is 1. The van der Waals surface area contributed by atoms with E-state index in [1.165, 1.54) is 0 Å². The van der Waals surface area contributed by atoms with Gasteiger partial charge in [-0.2, -0.15) is 10.1 Å². The second-order valence-electron chi connectivity index (χ2n) is 3.53. The van der Waals surface area contributed by atoms with Crippen molar-refractivity contribution in [3.63, 3.8) is 0 Å². The summed E-state index contributed by atoms with van der Waals surface area (Å²) in [7, 11) is 0. The molecule has 1 aromatic heterocycles. The Morgan fingerprint density at radius 3 is 2.69 bits per heavy atom. The van der Waals surface area contributed by atoms with Crippen LogP contribution in [0.15, 0.2) is 0 Å². The fourth-order valence-electron chi connectivity index (χ4n) is 1.43. The van der Waals surface area contributed by atoms with E-state index in [0.29, 0.717) is 4.77 Å². The Bertz CT molecular complexity index is 372. The summed E-state index contributed by atoms with van der Waals surface area (Å²) in [5.74, 6) is 0.774. The molecule has 0 aliphatic carbocycles. The highest BCUT2D eigenvalue weighted by Gasteiger charge is 2.02. The maximum atomic E-state index is 4.93. The van der Waals surface area contributed by atoms with Gasteiger partial charge in [-0.25, -0.2) is 0 Å². The van der Waals surface area contributed by atoms with Crippen LogP contribution in [-0.2, 0) is 0 Å². The average Bonchev–Trinajstić information content (AvgIpc) is 2.29. The minimum atomic E-state index is 0.413. The van der Waals surface area contributed by atoms with E-state index < -0.39 is 0 Å². The summed E-state index contributed by atoms with van der Waals surface area (Å²) < 4.78 is 0.413. The third-order valence-corrected chi connectivity index (χ3v) is 2.67. The maximum absolute atomic E-state index is 4.93. The van der Waals surface area contributed by atoms with Crippen LogP contribution >= 0.6 is 12.2 Å². The predicted molar refractivity (Wildman–Crippen MR) is 68.2 cm³/mol. The third-order valence-electron chi connectivity index (χ3n) is 2.49. The van der Waals surface area contributed by atoms with Crippen molar-refractivity contribution in [1.82, 2.24) is 20.1 Å². The fourth-order valence-corrected chi connectivity index (χ4v) is 1.57. The Morgan fingerprint density at radius 1 is 1.38 bits per heavy atom. The van der Waals surface area contributed by atoms with Crippen LogP contribution in [0, 0.1) is 11.7 Å². The van der Waals surface area contributed by atoms with E-state index in [4.69, 9.17) is 12.2 Å². The summed E-state index contributed by atoms with van der Waals surface area (Å²) in [5, 5.41) is 9.96. The second kappa shape index (κ2) is 6.55. The lowest BCUT2D eigenvalue weighted by Gasteiger charge is -2.18. The van der Waals surface area contributed by atoms with Gasteiger partial charge in [-0.1, -0.05) is 13.8 Å². The molecule has 0 spiro atoms. The molecule has 1 rings (SSSR count). The van der Waals surface area contributed by atoms with E-state index in [2.05, 4.69) is 39.2 Å². The first-order chi connectivity index (χ1) is 7.67. The Morgan fingerprint density at radius 2 is 2.06 bits per heavy atom. The minimum Gasteiger partial charge on any atom is -0.367 e. The number of aryl methyl sites for hydroxylation is 1. The number of nitrogens with zero attached hydrogens (tertiary/aromatic N) is 3. The van der Waals surface area contributed by atoms with Gasteiger partial charge in [0.05, 0.1) is 5.69 Å². The highest BCUT2D eigenvalue weighted by atomic mass is 32.1. The Labute approximate surface area is 101 Å².